The van der Waals surface area contributed by atoms with Crippen molar-refractivity contribution in [2.24, 2.45) is 0 Å². The topological polar surface area (TPSA) is 65.8 Å². The van der Waals surface area contributed by atoms with Crippen LogP contribution in [0.2, 0.25) is 0 Å². The summed E-state index contributed by atoms with van der Waals surface area (Å²) in [6, 6.07) is 8.41. The first-order valence-electron chi connectivity index (χ1n) is 10.8. The molecule has 0 bridgehead atoms. The molecule has 7 nitrogen and oxygen atoms in total. The maximum absolute atomic E-state index is 12.9. The second-order valence-electron chi connectivity index (χ2n) is 9.00. The second kappa shape index (κ2) is 9.30. The van der Waals surface area contributed by atoms with Crippen LogP contribution in [0, 0.1) is 0 Å². The van der Waals surface area contributed by atoms with Gasteiger partial charge in [0.2, 0.25) is 0 Å². The summed E-state index contributed by atoms with van der Waals surface area (Å²) in [6.45, 7) is 8.11. The molecular weight excluding hydrogens is 462 g/mol. The highest BCUT2D eigenvalue weighted by Gasteiger charge is 2.34. The Labute approximate surface area is 191 Å². The molecule has 1 amide bonds. The molecule has 31 heavy (non-hydrogen) atoms. The van der Waals surface area contributed by atoms with Crippen LogP contribution >= 0.6 is 15.9 Å². The number of aromatic nitrogens is 2. The first-order chi connectivity index (χ1) is 14.8. The lowest BCUT2D eigenvalue weighted by molar-refractivity contribution is -0.0742. The molecule has 2 aliphatic heterocycles. The van der Waals surface area contributed by atoms with Crippen LogP contribution in [0.5, 0.6) is 0 Å². The molecule has 4 rings (SSSR count). The van der Waals surface area contributed by atoms with E-state index in [9.17, 15) is 4.79 Å². The van der Waals surface area contributed by atoms with E-state index in [0.717, 1.165) is 35.2 Å². The minimum absolute atomic E-state index is 0.259. The van der Waals surface area contributed by atoms with Gasteiger partial charge >= 0.3 is 6.09 Å². The van der Waals surface area contributed by atoms with E-state index in [2.05, 4.69) is 27.1 Å². The lowest BCUT2D eigenvalue weighted by Gasteiger charge is -2.37. The molecule has 2 aliphatic rings. The van der Waals surface area contributed by atoms with Gasteiger partial charge in [0, 0.05) is 25.1 Å². The third kappa shape index (κ3) is 5.13. The predicted molar refractivity (Wildman–Crippen MR) is 120 cm³/mol. The van der Waals surface area contributed by atoms with E-state index in [1.54, 1.807) is 4.90 Å². The number of halogens is 1. The Hall–Kier alpha value is -1.90. The number of carbonyl (C=O) groups excluding carboxylic acids is 1. The normalized spacial score (nSPS) is 21.2. The number of fused-ring (bicyclic) bond motifs is 1. The molecule has 2 atom stereocenters. The number of ether oxygens (including phenoxy) is 3. The van der Waals surface area contributed by atoms with Crippen molar-refractivity contribution < 1.29 is 19.0 Å². The highest BCUT2D eigenvalue weighted by molar-refractivity contribution is 9.10. The monoisotopic (exact) mass is 491 g/mol. The number of benzene rings is 1. The zero-order valence-corrected chi connectivity index (χ0v) is 19.9. The third-order valence-electron chi connectivity index (χ3n) is 5.57. The number of hydrogen-bond donors (Lipinski definition) is 0. The molecule has 0 radical (unpaired) electrons. The molecule has 1 saturated heterocycles. The number of hydrogen-bond acceptors (Lipinski definition) is 5. The van der Waals surface area contributed by atoms with Crippen molar-refractivity contribution in [2.45, 2.75) is 57.9 Å². The van der Waals surface area contributed by atoms with Gasteiger partial charge in [-0.1, -0.05) is 24.3 Å². The standard InChI is InChI=1S/C23H30BrN3O4/c1-23(2,3)31-22(28)26-11-8-16-6-4-5-7-18(16)21(26)30-13-10-20-19(24)14-25-27(20)17-9-12-29-15-17/h4-7,14,17,21H,8-13,15H2,1-3H3. The average molecular weight is 492 g/mol. The van der Waals surface area contributed by atoms with Crippen LogP contribution in [0.1, 0.15) is 56.3 Å². The molecule has 8 heteroatoms. The van der Waals surface area contributed by atoms with Crippen molar-refractivity contribution in [3.8, 4) is 0 Å². The zero-order chi connectivity index (χ0) is 22.0. The van der Waals surface area contributed by atoms with Gasteiger partial charge in [-0.3, -0.25) is 9.58 Å². The van der Waals surface area contributed by atoms with Gasteiger partial charge < -0.3 is 14.2 Å². The fourth-order valence-corrected chi connectivity index (χ4v) is 4.59. The molecule has 0 saturated carbocycles. The van der Waals surface area contributed by atoms with Gasteiger partial charge in [0.05, 0.1) is 35.6 Å². The second-order valence-corrected chi connectivity index (χ2v) is 9.85. The van der Waals surface area contributed by atoms with Gasteiger partial charge in [-0.15, -0.1) is 0 Å². The van der Waals surface area contributed by atoms with Crippen LogP contribution < -0.4 is 0 Å². The van der Waals surface area contributed by atoms with Crippen molar-refractivity contribution in [1.82, 2.24) is 14.7 Å². The smallest absolute Gasteiger partial charge is 0.412 e. The van der Waals surface area contributed by atoms with E-state index in [1.807, 2.05) is 49.8 Å². The predicted octanol–water partition coefficient (Wildman–Crippen LogP) is 4.66. The van der Waals surface area contributed by atoms with E-state index in [4.69, 9.17) is 14.2 Å². The molecular formula is C23H30BrN3O4. The molecule has 0 N–H and O–H groups in total. The van der Waals surface area contributed by atoms with Gasteiger partial charge in [-0.2, -0.15) is 5.10 Å². The van der Waals surface area contributed by atoms with E-state index < -0.39 is 11.8 Å². The number of carbonyl (C=O) groups is 1. The SMILES string of the molecule is CC(C)(C)OC(=O)N1CCc2ccccc2C1OCCc1c(Br)cnn1C1CCOC1. The van der Waals surface area contributed by atoms with Gasteiger partial charge in [0.1, 0.15) is 5.60 Å². The first-order valence-corrected chi connectivity index (χ1v) is 11.6. The number of nitrogens with zero attached hydrogens (tertiary/aromatic N) is 3. The number of rotatable bonds is 5. The Morgan fingerprint density at radius 3 is 2.87 bits per heavy atom. The van der Waals surface area contributed by atoms with Crippen LogP contribution in [-0.2, 0) is 27.1 Å². The Morgan fingerprint density at radius 2 is 2.13 bits per heavy atom. The third-order valence-corrected chi connectivity index (χ3v) is 6.23. The Kier molecular flexibility index (Phi) is 6.69. The summed E-state index contributed by atoms with van der Waals surface area (Å²) in [6.07, 6.45) is 3.44. The van der Waals surface area contributed by atoms with Gasteiger partial charge in [-0.25, -0.2) is 4.79 Å². The first kappa shape index (κ1) is 22.3. The summed E-state index contributed by atoms with van der Waals surface area (Å²) >= 11 is 3.62. The van der Waals surface area contributed by atoms with Crippen molar-refractivity contribution >= 4 is 22.0 Å². The average Bonchev–Trinajstić information content (AvgIpc) is 3.37. The minimum atomic E-state index is -0.556. The lowest BCUT2D eigenvalue weighted by Crippen LogP contribution is -2.44. The van der Waals surface area contributed by atoms with E-state index in [1.165, 1.54) is 5.56 Å². The highest BCUT2D eigenvalue weighted by Crippen LogP contribution is 2.32. The van der Waals surface area contributed by atoms with Crippen molar-refractivity contribution in [1.29, 1.82) is 0 Å². The Morgan fingerprint density at radius 1 is 1.32 bits per heavy atom. The molecule has 168 valence electrons. The van der Waals surface area contributed by atoms with Crippen molar-refractivity contribution in [3.63, 3.8) is 0 Å². The van der Waals surface area contributed by atoms with Crippen molar-refractivity contribution in [2.75, 3.05) is 26.4 Å². The fraction of sp³-hybridized carbons (Fsp3) is 0.565. The van der Waals surface area contributed by atoms with E-state index in [0.29, 0.717) is 26.2 Å². The molecule has 2 unspecified atom stereocenters. The Bertz CT molecular complexity index is 918. The molecule has 1 fully saturated rings. The molecule has 3 heterocycles. The van der Waals surface area contributed by atoms with E-state index >= 15 is 0 Å². The van der Waals surface area contributed by atoms with Crippen molar-refractivity contribution in [3.05, 3.63) is 51.8 Å². The summed E-state index contributed by atoms with van der Waals surface area (Å²) in [7, 11) is 0. The summed E-state index contributed by atoms with van der Waals surface area (Å²) in [4.78, 5) is 14.6. The van der Waals surface area contributed by atoms with Crippen LogP contribution in [0.4, 0.5) is 4.79 Å². The molecule has 1 aromatic carbocycles. The quantitative estimate of drug-likeness (QED) is 0.608. The summed E-state index contributed by atoms with van der Waals surface area (Å²) in [5.74, 6) is 0. The molecule has 2 aromatic rings. The molecule has 0 spiro atoms. The summed E-state index contributed by atoms with van der Waals surface area (Å²) in [5, 5.41) is 4.53. The van der Waals surface area contributed by atoms with Gasteiger partial charge in [0.25, 0.3) is 0 Å². The summed E-state index contributed by atoms with van der Waals surface area (Å²) in [5.41, 5.74) is 2.76. The van der Waals surface area contributed by atoms with E-state index in [-0.39, 0.29) is 12.1 Å². The lowest BCUT2D eigenvalue weighted by atomic mass is 9.98. The van der Waals surface area contributed by atoms with Gasteiger partial charge in [0.15, 0.2) is 6.23 Å². The van der Waals surface area contributed by atoms with Gasteiger partial charge in [-0.05, 0) is 55.1 Å². The van der Waals surface area contributed by atoms with Crippen LogP contribution in [0.15, 0.2) is 34.9 Å². The number of amides is 1. The highest BCUT2D eigenvalue weighted by atomic mass is 79.9. The molecule has 1 aromatic heterocycles. The maximum Gasteiger partial charge on any atom is 0.412 e. The summed E-state index contributed by atoms with van der Waals surface area (Å²) < 4.78 is 20.5. The van der Waals surface area contributed by atoms with Crippen LogP contribution in [0.25, 0.3) is 0 Å². The van der Waals surface area contributed by atoms with Crippen LogP contribution in [-0.4, -0.2) is 52.7 Å². The Balaban J connectivity index is 1.49. The maximum atomic E-state index is 12.9. The zero-order valence-electron chi connectivity index (χ0n) is 18.3. The fourth-order valence-electron chi connectivity index (χ4n) is 4.11. The molecule has 0 aliphatic carbocycles. The van der Waals surface area contributed by atoms with Crippen LogP contribution in [0.3, 0.4) is 0 Å². The largest absolute Gasteiger partial charge is 0.444 e. The minimum Gasteiger partial charge on any atom is -0.444 e.